The van der Waals surface area contributed by atoms with Gasteiger partial charge in [0.15, 0.2) is 10.9 Å². The number of ether oxygens (including phenoxy) is 1. The second-order valence-corrected chi connectivity index (χ2v) is 9.05. The topological polar surface area (TPSA) is 90.3 Å². The number of thioether (sulfide) groups is 1. The maximum atomic E-state index is 13.2. The number of amides is 1. The Hall–Kier alpha value is -3.89. The molecule has 37 heavy (non-hydrogen) atoms. The van der Waals surface area contributed by atoms with Crippen molar-refractivity contribution < 1.29 is 23.1 Å². The predicted octanol–water partition coefficient (Wildman–Crippen LogP) is 4.23. The van der Waals surface area contributed by atoms with Gasteiger partial charge in [-0.3, -0.25) is 19.0 Å². The first-order valence-corrected chi connectivity index (χ1v) is 12.3. The van der Waals surface area contributed by atoms with E-state index in [0.29, 0.717) is 27.2 Å². The normalized spacial score (nSPS) is 11.0. The van der Waals surface area contributed by atoms with Crippen LogP contribution in [0.5, 0.6) is 0 Å². The molecule has 0 atom stereocenters. The van der Waals surface area contributed by atoms with Gasteiger partial charge < -0.3 is 10.1 Å². The molecule has 4 aromatic rings. The third-order valence-corrected chi connectivity index (χ3v) is 6.54. The Labute approximate surface area is 215 Å². The molecule has 0 aliphatic heterocycles. The van der Waals surface area contributed by atoms with Gasteiger partial charge in [-0.15, -0.1) is 0 Å². The Balaban J connectivity index is 1.58. The number of methoxy groups -OCH3 is 1. The van der Waals surface area contributed by atoms with Crippen molar-refractivity contribution >= 4 is 34.4 Å². The van der Waals surface area contributed by atoms with Crippen molar-refractivity contribution in [3.8, 4) is 0 Å². The molecule has 0 bridgehead atoms. The molecule has 0 saturated heterocycles. The number of carbonyl (C=O) groups is 2. The van der Waals surface area contributed by atoms with Crippen LogP contribution in [0.1, 0.15) is 26.3 Å². The van der Waals surface area contributed by atoms with Gasteiger partial charge in [-0.25, -0.2) is 13.8 Å². The van der Waals surface area contributed by atoms with Crippen molar-refractivity contribution in [1.29, 1.82) is 0 Å². The summed E-state index contributed by atoms with van der Waals surface area (Å²) < 4.78 is 32.8. The minimum absolute atomic E-state index is 0.0194. The van der Waals surface area contributed by atoms with Crippen LogP contribution in [0.4, 0.5) is 8.78 Å². The summed E-state index contributed by atoms with van der Waals surface area (Å²) in [6, 6.07) is 15.6. The molecule has 3 aromatic carbocycles. The Bertz CT molecular complexity index is 1490. The lowest BCUT2D eigenvalue weighted by Gasteiger charge is -2.13. The van der Waals surface area contributed by atoms with E-state index in [2.05, 4.69) is 10.3 Å². The summed E-state index contributed by atoms with van der Waals surface area (Å²) in [5, 5.41) is 3.38. The van der Waals surface area contributed by atoms with Crippen molar-refractivity contribution in [2.75, 3.05) is 19.5 Å². The molecule has 0 saturated carbocycles. The highest BCUT2D eigenvalue weighted by Gasteiger charge is 2.16. The van der Waals surface area contributed by atoms with Crippen LogP contribution in [0, 0.1) is 11.6 Å². The molecule has 7 nitrogen and oxygen atoms in total. The van der Waals surface area contributed by atoms with Crippen molar-refractivity contribution in [3.05, 3.63) is 105 Å². The van der Waals surface area contributed by atoms with Crippen molar-refractivity contribution in [2.45, 2.75) is 18.2 Å². The lowest BCUT2D eigenvalue weighted by atomic mass is 10.1. The van der Waals surface area contributed by atoms with Gasteiger partial charge in [-0.05, 0) is 60.2 Å². The Morgan fingerprint density at radius 2 is 1.62 bits per heavy atom. The van der Waals surface area contributed by atoms with Crippen LogP contribution in [-0.4, -0.2) is 40.7 Å². The second-order valence-electron chi connectivity index (χ2n) is 8.10. The summed E-state index contributed by atoms with van der Waals surface area (Å²) in [6.45, 7) is 0.692. The fourth-order valence-corrected chi connectivity index (χ4v) is 4.49. The maximum absolute atomic E-state index is 13.2. The first kappa shape index (κ1) is 26.2. The number of Topliss-reactive ketones (excluding diaryl/α,β-unsaturated/α-hetero) is 1. The van der Waals surface area contributed by atoms with Crippen LogP contribution in [0.25, 0.3) is 10.9 Å². The molecule has 10 heteroatoms. The zero-order chi connectivity index (χ0) is 26.4. The van der Waals surface area contributed by atoms with Gasteiger partial charge in [0.1, 0.15) is 11.6 Å². The molecule has 0 aliphatic rings. The van der Waals surface area contributed by atoms with E-state index in [0.717, 1.165) is 17.3 Å². The zero-order valence-electron chi connectivity index (χ0n) is 19.9. The zero-order valence-corrected chi connectivity index (χ0v) is 20.7. The molecular formula is C27H23F2N3O4S. The summed E-state index contributed by atoms with van der Waals surface area (Å²) in [5.74, 6) is -1.44. The number of nitrogens with one attached hydrogen (secondary N) is 1. The van der Waals surface area contributed by atoms with Crippen LogP contribution in [0.2, 0.25) is 0 Å². The molecule has 1 heterocycles. The molecule has 0 fully saturated rings. The maximum Gasteiger partial charge on any atom is 0.262 e. The number of rotatable bonds is 10. The number of benzene rings is 3. The number of nitrogens with zero attached hydrogens (tertiary/aromatic N) is 2. The number of hydrogen-bond donors (Lipinski definition) is 1. The summed E-state index contributed by atoms with van der Waals surface area (Å²) in [4.78, 5) is 43.1. The lowest BCUT2D eigenvalue weighted by Crippen LogP contribution is -2.26. The Morgan fingerprint density at radius 1 is 0.973 bits per heavy atom. The van der Waals surface area contributed by atoms with Crippen molar-refractivity contribution in [2.24, 2.45) is 0 Å². The van der Waals surface area contributed by atoms with Crippen LogP contribution in [0.15, 0.2) is 76.7 Å². The molecule has 190 valence electrons. The average molecular weight is 524 g/mol. The van der Waals surface area contributed by atoms with E-state index in [1.807, 2.05) is 0 Å². The SMILES string of the molecule is COCCn1c(SCC(=O)c2ccc(F)cc2)nc2cc(C(=O)NCc3ccc(F)cc3)ccc2c1=O. The van der Waals surface area contributed by atoms with Crippen LogP contribution in [-0.2, 0) is 17.8 Å². The molecule has 0 unspecified atom stereocenters. The molecule has 1 N–H and O–H groups in total. The molecule has 1 aromatic heterocycles. The monoisotopic (exact) mass is 523 g/mol. The number of hydrogen-bond acceptors (Lipinski definition) is 6. The summed E-state index contributed by atoms with van der Waals surface area (Å²) >= 11 is 1.08. The third kappa shape index (κ3) is 6.46. The van der Waals surface area contributed by atoms with E-state index in [1.54, 1.807) is 18.2 Å². The number of fused-ring (bicyclic) bond motifs is 1. The fourth-order valence-electron chi connectivity index (χ4n) is 3.57. The van der Waals surface area contributed by atoms with Gasteiger partial charge in [-0.2, -0.15) is 0 Å². The highest BCUT2D eigenvalue weighted by Crippen LogP contribution is 2.20. The van der Waals surface area contributed by atoms with E-state index >= 15 is 0 Å². The molecule has 0 spiro atoms. The van der Waals surface area contributed by atoms with E-state index in [4.69, 9.17) is 4.74 Å². The Kier molecular flexibility index (Phi) is 8.42. The quantitative estimate of drug-likeness (QED) is 0.190. The molecule has 0 aliphatic carbocycles. The number of carbonyl (C=O) groups excluding carboxylic acids is 2. The van der Waals surface area contributed by atoms with Crippen LogP contribution in [0.3, 0.4) is 0 Å². The largest absolute Gasteiger partial charge is 0.383 e. The van der Waals surface area contributed by atoms with Gasteiger partial charge in [0, 0.05) is 24.8 Å². The molecule has 4 rings (SSSR count). The average Bonchev–Trinajstić information content (AvgIpc) is 2.91. The summed E-state index contributed by atoms with van der Waals surface area (Å²) in [5.41, 5.74) is 1.37. The summed E-state index contributed by atoms with van der Waals surface area (Å²) in [6.07, 6.45) is 0. The lowest BCUT2D eigenvalue weighted by molar-refractivity contribution is 0.0950. The van der Waals surface area contributed by atoms with Gasteiger partial charge in [0.05, 0.1) is 29.8 Å². The van der Waals surface area contributed by atoms with Gasteiger partial charge >= 0.3 is 0 Å². The van der Waals surface area contributed by atoms with Gasteiger partial charge in [-0.1, -0.05) is 23.9 Å². The van der Waals surface area contributed by atoms with Crippen molar-refractivity contribution in [1.82, 2.24) is 14.9 Å². The fraction of sp³-hybridized carbons (Fsp3) is 0.185. The molecular weight excluding hydrogens is 500 g/mol. The number of ketones is 1. The third-order valence-electron chi connectivity index (χ3n) is 5.57. The van der Waals surface area contributed by atoms with Crippen LogP contribution >= 0.6 is 11.8 Å². The van der Waals surface area contributed by atoms with Gasteiger partial charge in [0.2, 0.25) is 0 Å². The highest BCUT2D eigenvalue weighted by molar-refractivity contribution is 7.99. The highest BCUT2D eigenvalue weighted by atomic mass is 32.2. The minimum atomic E-state index is -0.439. The van der Waals surface area contributed by atoms with Crippen molar-refractivity contribution in [3.63, 3.8) is 0 Å². The molecule has 1 amide bonds. The summed E-state index contributed by atoms with van der Waals surface area (Å²) in [7, 11) is 1.52. The number of aromatic nitrogens is 2. The van der Waals surface area contributed by atoms with Crippen LogP contribution < -0.4 is 10.9 Å². The second kappa shape index (κ2) is 11.9. The predicted molar refractivity (Wildman–Crippen MR) is 137 cm³/mol. The minimum Gasteiger partial charge on any atom is -0.383 e. The standard InChI is InChI=1S/C27H23F2N3O4S/c1-36-13-12-32-26(35)22-11-6-19(25(34)30-15-17-2-7-20(28)8-3-17)14-23(22)31-27(32)37-16-24(33)18-4-9-21(29)10-5-18/h2-11,14H,12-13,15-16H2,1H3,(H,30,34). The van der Waals surface area contributed by atoms with E-state index < -0.39 is 5.82 Å². The first-order valence-electron chi connectivity index (χ1n) is 11.3. The first-order chi connectivity index (χ1) is 17.9. The van der Waals surface area contributed by atoms with E-state index in [1.165, 1.54) is 60.2 Å². The number of halogens is 2. The molecule has 0 radical (unpaired) electrons. The van der Waals surface area contributed by atoms with E-state index in [-0.39, 0.29) is 48.5 Å². The van der Waals surface area contributed by atoms with E-state index in [9.17, 15) is 23.2 Å². The van der Waals surface area contributed by atoms with Gasteiger partial charge in [0.25, 0.3) is 11.5 Å². The smallest absolute Gasteiger partial charge is 0.262 e. The Morgan fingerprint density at radius 3 is 2.30 bits per heavy atom.